The van der Waals surface area contributed by atoms with Crippen LogP contribution in [0.1, 0.15) is 25.0 Å². The van der Waals surface area contributed by atoms with Crippen LogP contribution in [0, 0.1) is 0 Å². The number of hydrogen-bond acceptors (Lipinski definition) is 1. The zero-order chi connectivity index (χ0) is 38.1. The molecule has 10 aromatic rings. The molecule has 0 N–H and O–H groups in total. The van der Waals surface area contributed by atoms with E-state index in [1.807, 2.05) is 0 Å². The molecule has 0 aliphatic heterocycles. The average Bonchev–Trinajstić information content (AvgIpc) is 3.73. The molecule has 1 aromatic heterocycles. The second-order valence-electron chi connectivity index (χ2n) is 15.7. The molecule has 1 aliphatic carbocycles. The highest BCUT2D eigenvalue weighted by atomic mass is 15.2. The number of rotatable bonds is 6. The van der Waals surface area contributed by atoms with Crippen LogP contribution in [0.4, 0.5) is 17.1 Å². The van der Waals surface area contributed by atoms with E-state index in [0.29, 0.717) is 0 Å². The predicted octanol–water partition coefficient (Wildman–Crippen LogP) is 15.0. The lowest BCUT2D eigenvalue weighted by Crippen LogP contribution is -2.17. The number of benzene rings is 9. The van der Waals surface area contributed by atoms with Crippen LogP contribution >= 0.6 is 0 Å². The fourth-order valence-corrected chi connectivity index (χ4v) is 9.57. The number of nitrogens with zero attached hydrogens (tertiary/aromatic N) is 2. The Hall–Kier alpha value is -7.16. The molecule has 0 unspecified atom stereocenters. The first kappa shape index (κ1) is 33.2. The number of anilines is 3. The molecule has 57 heavy (non-hydrogen) atoms. The van der Waals surface area contributed by atoms with Gasteiger partial charge in [-0.25, -0.2) is 0 Å². The van der Waals surface area contributed by atoms with Crippen molar-refractivity contribution in [2.45, 2.75) is 19.3 Å². The van der Waals surface area contributed by atoms with Gasteiger partial charge in [-0.15, -0.1) is 0 Å². The van der Waals surface area contributed by atoms with Gasteiger partial charge in [-0.1, -0.05) is 178 Å². The first-order chi connectivity index (χ1) is 28.1. The van der Waals surface area contributed by atoms with E-state index in [9.17, 15) is 0 Å². The van der Waals surface area contributed by atoms with E-state index < -0.39 is 0 Å². The standard InChI is InChI=1S/C55H40N2/c1-55(2)47-28-12-8-24-43(47)44-35-34-39(36-48(44)55)56(49-29-13-9-23-41(49)38-18-4-3-5-19-38)52-32-17-33-53-54(52)46-26-11-15-31-51(46)57(53)50-30-14-10-25-45(50)42-27-16-21-37-20-6-7-22-40(37)42/h3-36H,1-2H3. The highest BCUT2D eigenvalue weighted by molar-refractivity contribution is 6.17. The summed E-state index contributed by atoms with van der Waals surface area (Å²) < 4.78 is 2.48. The molecule has 0 spiro atoms. The normalized spacial score (nSPS) is 12.9. The number of aromatic nitrogens is 1. The second-order valence-corrected chi connectivity index (χ2v) is 15.7. The van der Waals surface area contributed by atoms with E-state index in [2.05, 4.69) is 230 Å². The van der Waals surface area contributed by atoms with Crippen LogP contribution in [-0.4, -0.2) is 4.57 Å². The maximum Gasteiger partial charge on any atom is 0.0562 e. The van der Waals surface area contributed by atoms with Gasteiger partial charge < -0.3 is 9.47 Å². The molecule has 1 aliphatic rings. The van der Waals surface area contributed by atoms with Gasteiger partial charge >= 0.3 is 0 Å². The lowest BCUT2D eigenvalue weighted by atomic mass is 9.82. The van der Waals surface area contributed by atoms with Gasteiger partial charge in [0.2, 0.25) is 0 Å². The summed E-state index contributed by atoms with van der Waals surface area (Å²) in [5.41, 5.74) is 16.9. The quantitative estimate of drug-likeness (QED) is 0.165. The summed E-state index contributed by atoms with van der Waals surface area (Å²) >= 11 is 0. The van der Waals surface area contributed by atoms with Gasteiger partial charge in [-0.2, -0.15) is 0 Å². The molecule has 270 valence electrons. The Labute approximate surface area is 333 Å². The summed E-state index contributed by atoms with van der Waals surface area (Å²) in [6.45, 7) is 4.73. The van der Waals surface area contributed by atoms with Crippen molar-refractivity contribution in [2.24, 2.45) is 0 Å². The summed E-state index contributed by atoms with van der Waals surface area (Å²) in [6, 6.07) is 75.7. The van der Waals surface area contributed by atoms with Gasteiger partial charge in [-0.3, -0.25) is 0 Å². The third-order valence-corrected chi connectivity index (χ3v) is 12.2. The van der Waals surface area contributed by atoms with Gasteiger partial charge in [-0.05, 0) is 86.6 Å². The predicted molar refractivity (Wildman–Crippen MR) is 241 cm³/mol. The Kier molecular flexibility index (Phi) is 7.55. The minimum atomic E-state index is -0.139. The second kappa shape index (κ2) is 13.0. The summed E-state index contributed by atoms with van der Waals surface area (Å²) in [6.07, 6.45) is 0. The molecule has 11 rings (SSSR count). The Morgan fingerprint density at radius 2 is 1.00 bits per heavy atom. The third kappa shape index (κ3) is 5.11. The largest absolute Gasteiger partial charge is 0.309 e. The minimum absolute atomic E-state index is 0.139. The first-order valence-corrected chi connectivity index (χ1v) is 19.9. The molecule has 0 radical (unpaired) electrons. The van der Waals surface area contributed by atoms with Crippen LogP contribution in [0.15, 0.2) is 206 Å². The van der Waals surface area contributed by atoms with E-state index in [4.69, 9.17) is 0 Å². The SMILES string of the molecule is CC1(C)c2ccccc2-c2ccc(N(c3ccccc3-c3ccccc3)c3cccc4c3c3ccccc3n4-c3ccccc3-c3cccc4ccccc34)cc21. The Bertz CT molecular complexity index is 3160. The molecule has 0 saturated carbocycles. The van der Waals surface area contributed by atoms with E-state index in [0.717, 1.165) is 28.3 Å². The fourth-order valence-electron chi connectivity index (χ4n) is 9.57. The summed E-state index contributed by atoms with van der Waals surface area (Å²) in [4.78, 5) is 2.51. The topological polar surface area (TPSA) is 8.17 Å². The van der Waals surface area contributed by atoms with Crippen LogP contribution < -0.4 is 4.90 Å². The van der Waals surface area contributed by atoms with Crippen LogP contribution in [0.25, 0.3) is 71.6 Å². The summed E-state index contributed by atoms with van der Waals surface area (Å²) in [5, 5.41) is 4.92. The molecule has 2 nitrogen and oxygen atoms in total. The highest BCUT2D eigenvalue weighted by Crippen LogP contribution is 2.52. The zero-order valence-corrected chi connectivity index (χ0v) is 32.0. The van der Waals surface area contributed by atoms with E-state index in [1.165, 1.54) is 71.6 Å². The smallest absolute Gasteiger partial charge is 0.0562 e. The van der Waals surface area contributed by atoms with Crippen molar-refractivity contribution in [3.8, 4) is 39.1 Å². The van der Waals surface area contributed by atoms with Gasteiger partial charge in [0.15, 0.2) is 0 Å². The lowest BCUT2D eigenvalue weighted by molar-refractivity contribution is 0.660. The van der Waals surface area contributed by atoms with Crippen LogP contribution in [-0.2, 0) is 5.41 Å². The Morgan fingerprint density at radius 3 is 1.88 bits per heavy atom. The molecule has 0 bridgehead atoms. The molecule has 2 heteroatoms. The van der Waals surface area contributed by atoms with Gasteiger partial charge in [0.1, 0.15) is 0 Å². The molecule has 0 saturated heterocycles. The lowest BCUT2D eigenvalue weighted by Gasteiger charge is -2.30. The average molecular weight is 729 g/mol. The van der Waals surface area contributed by atoms with Crippen molar-refractivity contribution in [3.05, 3.63) is 217 Å². The van der Waals surface area contributed by atoms with Gasteiger partial charge in [0.25, 0.3) is 0 Å². The number of hydrogen-bond donors (Lipinski definition) is 0. The van der Waals surface area contributed by atoms with E-state index >= 15 is 0 Å². The molecule has 9 aromatic carbocycles. The van der Waals surface area contributed by atoms with E-state index in [-0.39, 0.29) is 5.41 Å². The van der Waals surface area contributed by atoms with Crippen molar-refractivity contribution in [3.63, 3.8) is 0 Å². The van der Waals surface area contributed by atoms with Gasteiger partial charge in [0, 0.05) is 33.0 Å². The molecule has 0 amide bonds. The maximum atomic E-state index is 2.51. The fraction of sp³-hybridized carbons (Fsp3) is 0.0545. The van der Waals surface area contributed by atoms with Crippen molar-refractivity contribution < 1.29 is 0 Å². The third-order valence-electron chi connectivity index (χ3n) is 12.2. The van der Waals surface area contributed by atoms with Crippen molar-refractivity contribution in [1.29, 1.82) is 0 Å². The molecule has 0 fully saturated rings. The van der Waals surface area contributed by atoms with Crippen LogP contribution in [0.3, 0.4) is 0 Å². The molecular weight excluding hydrogens is 689 g/mol. The van der Waals surface area contributed by atoms with Crippen molar-refractivity contribution in [2.75, 3.05) is 4.90 Å². The molecule has 0 atom stereocenters. The molecular formula is C55H40N2. The van der Waals surface area contributed by atoms with Crippen molar-refractivity contribution in [1.82, 2.24) is 4.57 Å². The minimum Gasteiger partial charge on any atom is -0.309 e. The van der Waals surface area contributed by atoms with Crippen LogP contribution in [0.2, 0.25) is 0 Å². The van der Waals surface area contributed by atoms with Crippen molar-refractivity contribution >= 4 is 49.6 Å². The first-order valence-electron chi connectivity index (χ1n) is 19.9. The maximum absolute atomic E-state index is 2.51. The Balaban J connectivity index is 1.21. The van der Waals surface area contributed by atoms with E-state index in [1.54, 1.807) is 0 Å². The summed E-state index contributed by atoms with van der Waals surface area (Å²) in [7, 11) is 0. The number of para-hydroxylation sites is 3. The zero-order valence-electron chi connectivity index (χ0n) is 32.0. The monoisotopic (exact) mass is 728 g/mol. The Morgan fingerprint density at radius 1 is 0.404 bits per heavy atom. The van der Waals surface area contributed by atoms with Gasteiger partial charge in [0.05, 0.1) is 28.1 Å². The summed E-state index contributed by atoms with van der Waals surface area (Å²) in [5.74, 6) is 0. The number of fused-ring (bicyclic) bond motifs is 7. The highest BCUT2D eigenvalue weighted by Gasteiger charge is 2.36. The van der Waals surface area contributed by atoms with Crippen LogP contribution in [0.5, 0.6) is 0 Å². The molecule has 1 heterocycles.